The summed E-state index contributed by atoms with van der Waals surface area (Å²) in [6.45, 7) is 2.32. The summed E-state index contributed by atoms with van der Waals surface area (Å²) in [6.07, 6.45) is 2.90. The number of nitrogens with one attached hydrogen (secondary N) is 2. The molecule has 0 saturated carbocycles. The fourth-order valence-electron chi connectivity index (χ4n) is 4.45. The largest absolute Gasteiger partial charge is 0.378 e. The van der Waals surface area contributed by atoms with Gasteiger partial charge in [-0.25, -0.2) is 0 Å². The van der Waals surface area contributed by atoms with Crippen LogP contribution in [0.4, 0.5) is 11.4 Å². The molecule has 4 rings (SSSR count). The van der Waals surface area contributed by atoms with Crippen LogP contribution in [0.2, 0.25) is 0 Å². The molecule has 2 amide bonds. The summed E-state index contributed by atoms with van der Waals surface area (Å²) >= 11 is 0. The Labute approximate surface area is 189 Å². The van der Waals surface area contributed by atoms with Gasteiger partial charge in [0.2, 0.25) is 0 Å². The summed E-state index contributed by atoms with van der Waals surface area (Å²) in [7, 11) is 4.03. The van der Waals surface area contributed by atoms with Crippen LogP contribution in [-0.4, -0.2) is 58.3 Å². The van der Waals surface area contributed by atoms with Crippen molar-refractivity contribution in [3.63, 3.8) is 0 Å². The van der Waals surface area contributed by atoms with Crippen molar-refractivity contribution in [1.29, 1.82) is 0 Å². The van der Waals surface area contributed by atoms with E-state index in [9.17, 15) is 9.59 Å². The molecule has 1 fully saturated rings. The molecule has 2 aliphatic rings. The first-order valence-electron chi connectivity index (χ1n) is 11.3. The summed E-state index contributed by atoms with van der Waals surface area (Å²) in [5.74, 6) is -1.21. The van der Waals surface area contributed by atoms with Gasteiger partial charge in [-0.05, 0) is 48.6 Å². The van der Waals surface area contributed by atoms with Crippen molar-refractivity contribution in [2.45, 2.75) is 31.4 Å². The maximum absolute atomic E-state index is 12.5. The van der Waals surface area contributed by atoms with Gasteiger partial charge in [0.25, 0.3) is 0 Å². The van der Waals surface area contributed by atoms with Gasteiger partial charge in [0.15, 0.2) is 0 Å². The topological polar surface area (TPSA) is 73.9 Å². The number of anilines is 2. The Bertz CT molecular complexity index is 938. The Morgan fingerprint density at radius 3 is 2.56 bits per heavy atom. The van der Waals surface area contributed by atoms with Crippen LogP contribution >= 0.6 is 0 Å². The lowest BCUT2D eigenvalue weighted by Gasteiger charge is -2.31. The van der Waals surface area contributed by atoms with Gasteiger partial charge in [0.1, 0.15) is 0 Å². The number of benzene rings is 2. The van der Waals surface area contributed by atoms with Crippen LogP contribution in [0.15, 0.2) is 48.5 Å². The van der Waals surface area contributed by atoms with Crippen LogP contribution in [0, 0.1) is 0 Å². The monoisotopic (exact) mass is 436 g/mol. The Morgan fingerprint density at radius 2 is 1.84 bits per heavy atom. The number of carbonyl (C=O) groups is 2. The van der Waals surface area contributed by atoms with E-state index < -0.39 is 11.8 Å². The normalized spacial score (nSPS) is 18.2. The number of ether oxygens (including phenoxy) is 1. The van der Waals surface area contributed by atoms with Gasteiger partial charge in [0.05, 0.1) is 12.1 Å². The average molecular weight is 437 g/mol. The van der Waals surface area contributed by atoms with Crippen molar-refractivity contribution in [3.8, 4) is 0 Å². The van der Waals surface area contributed by atoms with Crippen molar-refractivity contribution >= 4 is 23.2 Å². The van der Waals surface area contributed by atoms with E-state index in [4.69, 9.17) is 4.74 Å². The molecular formula is C25H32N4O3. The SMILES string of the molecule is CN(C)c1ccc([C@@H](CNC(=O)C(=O)NC[C@H]2CCCO2)N2CCc3ccccc32)cc1. The smallest absolute Gasteiger partial charge is 0.309 e. The zero-order valence-electron chi connectivity index (χ0n) is 18.8. The third kappa shape index (κ3) is 5.05. The van der Waals surface area contributed by atoms with Gasteiger partial charge in [-0.1, -0.05) is 30.3 Å². The van der Waals surface area contributed by atoms with Gasteiger partial charge >= 0.3 is 11.8 Å². The third-order valence-electron chi connectivity index (χ3n) is 6.27. The van der Waals surface area contributed by atoms with Crippen LogP contribution in [0.1, 0.15) is 30.0 Å². The predicted molar refractivity (Wildman–Crippen MR) is 126 cm³/mol. The summed E-state index contributed by atoms with van der Waals surface area (Å²) in [6, 6.07) is 16.7. The van der Waals surface area contributed by atoms with Gasteiger partial charge in [-0.2, -0.15) is 0 Å². The van der Waals surface area contributed by atoms with Gasteiger partial charge in [-0.3, -0.25) is 9.59 Å². The molecule has 2 aromatic carbocycles. The number of hydrogen-bond donors (Lipinski definition) is 2. The molecule has 7 heteroatoms. The van der Waals surface area contributed by atoms with E-state index in [1.807, 2.05) is 20.2 Å². The zero-order valence-corrected chi connectivity index (χ0v) is 18.8. The number of nitrogens with zero attached hydrogens (tertiary/aromatic N) is 2. The lowest BCUT2D eigenvalue weighted by Crippen LogP contribution is -2.45. The molecule has 0 spiro atoms. The van der Waals surface area contributed by atoms with Crippen molar-refractivity contribution in [2.24, 2.45) is 0 Å². The molecule has 1 saturated heterocycles. The standard InChI is InChI=1S/C25H32N4O3/c1-28(2)20-11-9-19(10-12-20)23(29-14-13-18-6-3-4-8-22(18)29)17-27-25(31)24(30)26-16-21-7-5-15-32-21/h3-4,6,8-12,21,23H,5,7,13-17H2,1-2H3,(H,26,30)(H,27,31)/t21-,23-/m1/s1. The maximum Gasteiger partial charge on any atom is 0.309 e. The highest BCUT2D eigenvalue weighted by molar-refractivity contribution is 6.35. The molecule has 2 heterocycles. The number of hydrogen-bond acceptors (Lipinski definition) is 5. The number of para-hydroxylation sites is 1. The molecule has 170 valence electrons. The molecule has 7 nitrogen and oxygen atoms in total. The van der Waals surface area contributed by atoms with Crippen LogP contribution in [-0.2, 0) is 20.7 Å². The third-order valence-corrected chi connectivity index (χ3v) is 6.27. The molecule has 2 aromatic rings. The molecule has 0 aliphatic carbocycles. The van der Waals surface area contributed by atoms with Crippen molar-refractivity contribution in [1.82, 2.24) is 10.6 Å². The number of amides is 2. The van der Waals surface area contributed by atoms with E-state index >= 15 is 0 Å². The minimum absolute atomic E-state index is 0.0100. The highest BCUT2D eigenvalue weighted by Gasteiger charge is 2.28. The predicted octanol–water partition coefficient (Wildman–Crippen LogP) is 2.27. The van der Waals surface area contributed by atoms with E-state index in [-0.39, 0.29) is 12.1 Å². The maximum atomic E-state index is 12.5. The lowest BCUT2D eigenvalue weighted by molar-refractivity contribution is -0.139. The highest BCUT2D eigenvalue weighted by atomic mass is 16.5. The Hall–Kier alpha value is -3.06. The second kappa shape index (κ2) is 10.0. The number of carbonyl (C=O) groups excluding carboxylic acids is 2. The van der Waals surface area contributed by atoms with Gasteiger partial charge < -0.3 is 25.2 Å². The van der Waals surface area contributed by atoms with Crippen LogP contribution in [0.5, 0.6) is 0 Å². The number of fused-ring (bicyclic) bond motifs is 1. The summed E-state index contributed by atoms with van der Waals surface area (Å²) < 4.78 is 5.51. The Kier molecular flexibility index (Phi) is 6.95. The van der Waals surface area contributed by atoms with E-state index in [2.05, 4.69) is 62.9 Å². The summed E-state index contributed by atoms with van der Waals surface area (Å²) in [5, 5.41) is 5.56. The fraction of sp³-hybridized carbons (Fsp3) is 0.440. The summed E-state index contributed by atoms with van der Waals surface area (Å²) in [4.78, 5) is 29.2. The quantitative estimate of drug-likeness (QED) is 0.652. The van der Waals surface area contributed by atoms with Crippen LogP contribution in [0.25, 0.3) is 0 Å². The van der Waals surface area contributed by atoms with Crippen molar-refractivity contribution in [2.75, 3.05) is 50.1 Å². The van der Waals surface area contributed by atoms with Gasteiger partial charge in [0, 0.05) is 51.7 Å². The van der Waals surface area contributed by atoms with E-state index in [1.54, 1.807) is 0 Å². The lowest BCUT2D eigenvalue weighted by atomic mass is 10.0. The second-order valence-corrected chi connectivity index (χ2v) is 8.63. The zero-order chi connectivity index (χ0) is 22.5. The summed E-state index contributed by atoms with van der Waals surface area (Å²) in [5.41, 5.74) is 4.72. The fourth-order valence-corrected chi connectivity index (χ4v) is 4.45. The molecule has 0 aromatic heterocycles. The second-order valence-electron chi connectivity index (χ2n) is 8.63. The minimum Gasteiger partial charge on any atom is -0.378 e. The highest BCUT2D eigenvalue weighted by Crippen LogP contribution is 2.35. The Morgan fingerprint density at radius 1 is 1.09 bits per heavy atom. The molecule has 2 aliphatic heterocycles. The molecule has 32 heavy (non-hydrogen) atoms. The van der Waals surface area contributed by atoms with Crippen LogP contribution in [0.3, 0.4) is 0 Å². The van der Waals surface area contributed by atoms with Crippen molar-refractivity contribution < 1.29 is 14.3 Å². The first-order valence-corrected chi connectivity index (χ1v) is 11.3. The first kappa shape index (κ1) is 22.1. The van der Waals surface area contributed by atoms with E-state index in [0.29, 0.717) is 13.1 Å². The molecular weight excluding hydrogens is 404 g/mol. The average Bonchev–Trinajstić information content (AvgIpc) is 3.48. The molecule has 2 N–H and O–H groups in total. The molecule has 2 atom stereocenters. The molecule has 0 radical (unpaired) electrons. The minimum atomic E-state index is -0.607. The van der Waals surface area contributed by atoms with E-state index in [0.717, 1.165) is 43.7 Å². The number of rotatable bonds is 7. The molecule has 0 unspecified atom stereocenters. The van der Waals surface area contributed by atoms with E-state index in [1.165, 1.54) is 11.3 Å². The molecule has 0 bridgehead atoms. The first-order chi connectivity index (χ1) is 15.5. The van der Waals surface area contributed by atoms with Crippen molar-refractivity contribution in [3.05, 3.63) is 59.7 Å². The Balaban J connectivity index is 1.45. The van der Waals surface area contributed by atoms with Crippen LogP contribution < -0.4 is 20.4 Å². The van der Waals surface area contributed by atoms with Gasteiger partial charge in [-0.15, -0.1) is 0 Å².